The third kappa shape index (κ3) is 2.44. The van der Waals surface area contributed by atoms with Crippen molar-refractivity contribution in [3.8, 4) is 11.9 Å². The van der Waals surface area contributed by atoms with Gasteiger partial charge in [-0.05, 0) is 0 Å². The fourth-order valence-electron chi connectivity index (χ4n) is 1.33. The summed E-state index contributed by atoms with van der Waals surface area (Å²) in [7, 11) is 1.19. The monoisotopic (exact) mass is 243 g/mol. The van der Waals surface area contributed by atoms with Crippen LogP contribution in [0.25, 0.3) is 0 Å². The maximum Gasteiger partial charge on any atom is 0.289 e. The summed E-state index contributed by atoms with van der Waals surface area (Å²) in [6, 6.07) is 1.65. The third-order valence-electron chi connectivity index (χ3n) is 2.01. The van der Waals surface area contributed by atoms with E-state index in [1.807, 2.05) is 0 Å². The van der Waals surface area contributed by atoms with E-state index < -0.39 is 29.0 Å². The van der Waals surface area contributed by atoms with E-state index in [-0.39, 0.29) is 11.4 Å². The highest BCUT2D eigenvalue weighted by Crippen LogP contribution is 2.35. The summed E-state index contributed by atoms with van der Waals surface area (Å²) in [4.78, 5) is 13.3. The number of ether oxygens (including phenoxy) is 1. The Morgan fingerprint density at radius 2 is 2.35 bits per heavy atom. The minimum atomic E-state index is -3.04. The van der Waals surface area contributed by atoms with Crippen LogP contribution in [0.4, 0.5) is 14.5 Å². The highest BCUT2D eigenvalue weighted by molar-refractivity contribution is 5.53. The van der Waals surface area contributed by atoms with Crippen molar-refractivity contribution >= 4 is 5.69 Å². The van der Waals surface area contributed by atoms with E-state index in [1.54, 1.807) is 6.07 Å². The minimum Gasteiger partial charge on any atom is -0.481 e. The first-order valence-electron chi connectivity index (χ1n) is 4.38. The predicted octanol–water partition coefficient (Wildman–Crippen LogP) is 2.00. The number of aromatic nitrogens is 1. The number of nitrogens with zero attached hydrogens (tertiary/aromatic N) is 3. The van der Waals surface area contributed by atoms with Gasteiger partial charge in [-0.3, -0.25) is 10.1 Å². The van der Waals surface area contributed by atoms with Gasteiger partial charge in [0, 0.05) is 6.20 Å². The van der Waals surface area contributed by atoms with Crippen molar-refractivity contribution < 1.29 is 18.4 Å². The predicted molar refractivity (Wildman–Crippen MR) is 51.7 cm³/mol. The molecule has 0 saturated carbocycles. The first-order chi connectivity index (χ1) is 8.02. The van der Waals surface area contributed by atoms with Gasteiger partial charge in [0.15, 0.2) is 0 Å². The molecule has 0 aliphatic rings. The van der Waals surface area contributed by atoms with Crippen LogP contribution >= 0.6 is 0 Å². The average molecular weight is 243 g/mol. The molecule has 6 nitrogen and oxygen atoms in total. The van der Waals surface area contributed by atoms with E-state index in [0.717, 1.165) is 0 Å². The van der Waals surface area contributed by atoms with Gasteiger partial charge in [0.2, 0.25) is 5.88 Å². The fourth-order valence-corrected chi connectivity index (χ4v) is 1.33. The number of rotatable bonds is 4. The van der Waals surface area contributed by atoms with Crippen molar-refractivity contribution in [2.24, 2.45) is 0 Å². The Bertz CT molecular complexity index is 485. The van der Waals surface area contributed by atoms with Gasteiger partial charge < -0.3 is 4.74 Å². The molecule has 0 aliphatic heterocycles. The standard InChI is InChI=1S/C9H7F2N3O3/c1-17-9-5(2-3-12)7(14(15)16)6(4-13-9)8(10)11/h4,8H,2H2,1H3. The summed E-state index contributed by atoms with van der Waals surface area (Å²) in [5.41, 5.74) is -1.87. The summed E-state index contributed by atoms with van der Waals surface area (Å²) in [5.74, 6) is -0.192. The van der Waals surface area contributed by atoms with Crippen LogP contribution in [0.1, 0.15) is 17.6 Å². The average Bonchev–Trinajstić information content (AvgIpc) is 2.28. The van der Waals surface area contributed by atoms with Crippen LogP contribution in [-0.2, 0) is 6.42 Å². The molecule has 0 radical (unpaired) electrons. The van der Waals surface area contributed by atoms with Crippen molar-refractivity contribution in [3.05, 3.63) is 27.4 Å². The smallest absolute Gasteiger partial charge is 0.289 e. The van der Waals surface area contributed by atoms with Gasteiger partial charge in [-0.1, -0.05) is 0 Å². The largest absolute Gasteiger partial charge is 0.481 e. The molecular formula is C9H7F2N3O3. The van der Waals surface area contributed by atoms with Crippen molar-refractivity contribution in [1.82, 2.24) is 4.98 Å². The second-order valence-electron chi connectivity index (χ2n) is 2.94. The molecule has 0 N–H and O–H groups in total. The second kappa shape index (κ2) is 5.16. The molecule has 1 aromatic rings. The quantitative estimate of drug-likeness (QED) is 0.596. The summed E-state index contributed by atoms with van der Waals surface area (Å²) in [6.07, 6.45) is -2.78. The molecule has 0 aliphatic carbocycles. The van der Waals surface area contributed by atoms with Crippen LogP contribution in [0.5, 0.6) is 5.88 Å². The van der Waals surface area contributed by atoms with E-state index in [1.165, 1.54) is 7.11 Å². The lowest BCUT2D eigenvalue weighted by molar-refractivity contribution is -0.387. The normalized spacial score (nSPS) is 10.1. The lowest BCUT2D eigenvalue weighted by Gasteiger charge is -2.08. The molecule has 0 amide bonds. The SMILES string of the molecule is COc1ncc(C(F)F)c([N+](=O)[O-])c1CC#N. The van der Waals surface area contributed by atoms with Crippen molar-refractivity contribution in [2.45, 2.75) is 12.8 Å². The molecule has 0 aromatic carbocycles. The molecule has 1 heterocycles. The van der Waals surface area contributed by atoms with E-state index in [0.29, 0.717) is 6.20 Å². The van der Waals surface area contributed by atoms with Crippen LogP contribution < -0.4 is 4.74 Å². The van der Waals surface area contributed by atoms with E-state index in [2.05, 4.69) is 4.98 Å². The number of alkyl halides is 2. The van der Waals surface area contributed by atoms with Crippen LogP contribution in [0.15, 0.2) is 6.20 Å². The molecule has 0 fully saturated rings. The van der Waals surface area contributed by atoms with E-state index in [9.17, 15) is 18.9 Å². The summed E-state index contributed by atoms with van der Waals surface area (Å²) in [6.45, 7) is 0. The number of halogens is 2. The highest BCUT2D eigenvalue weighted by Gasteiger charge is 2.29. The van der Waals surface area contributed by atoms with Gasteiger partial charge in [0.1, 0.15) is 11.1 Å². The van der Waals surface area contributed by atoms with Crippen molar-refractivity contribution in [2.75, 3.05) is 7.11 Å². The zero-order valence-electron chi connectivity index (χ0n) is 8.68. The van der Waals surface area contributed by atoms with Gasteiger partial charge in [-0.2, -0.15) is 5.26 Å². The van der Waals surface area contributed by atoms with Crippen LogP contribution in [0, 0.1) is 21.4 Å². The maximum absolute atomic E-state index is 12.6. The number of hydrogen-bond donors (Lipinski definition) is 0. The first-order valence-corrected chi connectivity index (χ1v) is 4.38. The highest BCUT2D eigenvalue weighted by atomic mass is 19.3. The molecule has 0 spiro atoms. The molecule has 0 bridgehead atoms. The Hall–Kier alpha value is -2.30. The van der Waals surface area contributed by atoms with Gasteiger partial charge in [-0.25, -0.2) is 13.8 Å². The van der Waals surface area contributed by atoms with Gasteiger partial charge in [0.05, 0.1) is 24.5 Å². The molecule has 0 saturated heterocycles. The number of methoxy groups -OCH3 is 1. The fraction of sp³-hybridized carbons (Fsp3) is 0.333. The molecular weight excluding hydrogens is 236 g/mol. The lowest BCUT2D eigenvalue weighted by atomic mass is 10.1. The van der Waals surface area contributed by atoms with E-state index >= 15 is 0 Å². The Morgan fingerprint density at radius 3 is 2.76 bits per heavy atom. The minimum absolute atomic E-state index is 0.192. The molecule has 1 aromatic heterocycles. The van der Waals surface area contributed by atoms with Crippen LogP contribution in [-0.4, -0.2) is 17.0 Å². The summed E-state index contributed by atoms with van der Waals surface area (Å²) >= 11 is 0. The molecule has 17 heavy (non-hydrogen) atoms. The van der Waals surface area contributed by atoms with E-state index in [4.69, 9.17) is 10.00 Å². The van der Waals surface area contributed by atoms with Crippen LogP contribution in [0.2, 0.25) is 0 Å². The third-order valence-corrected chi connectivity index (χ3v) is 2.01. The first kappa shape index (κ1) is 12.8. The molecule has 1 rings (SSSR count). The topological polar surface area (TPSA) is 89.1 Å². The molecule has 8 heteroatoms. The van der Waals surface area contributed by atoms with Gasteiger partial charge >= 0.3 is 0 Å². The van der Waals surface area contributed by atoms with Crippen LogP contribution in [0.3, 0.4) is 0 Å². The Labute approximate surface area is 94.6 Å². The maximum atomic E-state index is 12.6. The van der Waals surface area contributed by atoms with Gasteiger partial charge in [0.25, 0.3) is 12.1 Å². The zero-order chi connectivity index (χ0) is 13.0. The van der Waals surface area contributed by atoms with Gasteiger partial charge in [-0.15, -0.1) is 0 Å². The number of hydrogen-bond acceptors (Lipinski definition) is 5. The van der Waals surface area contributed by atoms with Crippen molar-refractivity contribution in [1.29, 1.82) is 5.26 Å². The molecule has 0 unspecified atom stereocenters. The zero-order valence-corrected chi connectivity index (χ0v) is 8.68. The van der Waals surface area contributed by atoms with Crippen molar-refractivity contribution in [3.63, 3.8) is 0 Å². The number of pyridine rings is 1. The summed E-state index contributed by atoms with van der Waals surface area (Å²) < 4.78 is 29.9. The lowest BCUT2D eigenvalue weighted by Crippen LogP contribution is -2.05. The summed E-state index contributed by atoms with van der Waals surface area (Å²) in [5, 5.41) is 19.3. The molecule has 90 valence electrons. The Morgan fingerprint density at radius 1 is 1.71 bits per heavy atom. The Kier molecular flexibility index (Phi) is 3.87. The molecule has 0 atom stereocenters. The second-order valence-corrected chi connectivity index (χ2v) is 2.94. The Balaban J connectivity index is 3.54. The number of nitro groups is 1. The number of nitriles is 1.